The van der Waals surface area contributed by atoms with E-state index in [-0.39, 0.29) is 24.4 Å². The van der Waals surface area contributed by atoms with E-state index in [1.54, 1.807) is 0 Å². The summed E-state index contributed by atoms with van der Waals surface area (Å²) in [5, 5.41) is 2.83. The predicted octanol–water partition coefficient (Wildman–Crippen LogP) is 3.17. The van der Waals surface area contributed by atoms with Crippen LogP contribution in [0.5, 0.6) is 0 Å². The molecule has 0 saturated heterocycles. The minimum atomic E-state index is -0.306. The number of anilines is 1. The number of rotatable bonds is 6. The smallest absolute Gasteiger partial charge is 0.309 e. The van der Waals surface area contributed by atoms with Crippen LogP contribution in [0.2, 0.25) is 0 Å². The van der Waals surface area contributed by atoms with Crippen LogP contribution in [0, 0.1) is 5.92 Å². The summed E-state index contributed by atoms with van der Waals surface area (Å²) >= 11 is 0. The summed E-state index contributed by atoms with van der Waals surface area (Å²) in [4.78, 5) is 23.4. The molecule has 0 spiro atoms. The molecule has 0 radical (unpaired) electrons. The Bertz CT molecular complexity index is 693. The first kappa shape index (κ1) is 15.3. The van der Waals surface area contributed by atoms with Gasteiger partial charge in [0.2, 0.25) is 0 Å². The van der Waals surface area contributed by atoms with Crippen LogP contribution in [0.3, 0.4) is 0 Å². The summed E-state index contributed by atoms with van der Waals surface area (Å²) < 4.78 is 5.01. The van der Waals surface area contributed by atoms with E-state index in [4.69, 9.17) is 4.74 Å². The van der Waals surface area contributed by atoms with Gasteiger partial charge in [-0.25, -0.2) is 0 Å². The summed E-state index contributed by atoms with van der Waals surface area (Å²) in [6.45, 7) is -0.227. The molecule has 0 atom stereocenters. The molecule has 0 heterocycles. The van der Waals surface area contributed by atoms with Crippen molar-refractivity contribution in [3.05, 3.63) is 65.7 Å². The first-order valence-corrected chi connectivity index (χ1v) is 7.80. The molecule has 1 saturated carbocycles. The maximum atomic E-state index is 12.0. The normalized spacial score (nSPS) is 13.4. The van der Waals surface area contributed by atoms with E-state index in [1.165, 1.54) is 5.56 Å². The Labute approximate surface area is 135 Å². The van der Waals surface area contributed by atoms with Crippen molar-refractivity contribution < 1.29 is 14.3 Å². The number of hydrogen-bond donors (Lipinski definition) is 1. The minimum Gasteiger partial charge on any atom is -0.455 e. The predicted molar refractivity (Wildman–Crippen MR) is 88.0 cm³/mol. The molecule has 0 bridgehead atoms. The van der Waals surface area contributed by atoms with E-state index in [9.17, 15) is 9.59 Å². The molecule has 2 aromatic rings. The average molecular weight is 309 g/mol. The molecule has 1 amide bonds. The van der Waals surface area contributed by atoms with E-state index in [2.05, 4.69) is 17.4 Å². The molecule has 1 aliphatic carbocycles. The van der Waals surface area contributed by atoms with Crippen molar-refractivity contribution >= 4 is 17.6 Å². The Hall–Kier alpha value is -2.62. The highest BCUT2D eigenvalue weighted by Crippen LogP contribution is 2.30. The highest BCUT2D eigenvalue weighted by atomic mass is 16.5. The fraction of sp³-hybridized carbons (Fsp3) is 0.263. The van der Waals surface area contributed by atoms with Gasteiger partial charge in [0.05, 0.1) is 5.92 Å². The third-order valence-electron chi connectivity index (χ3n) is 3.79. The second-order valence-electron chi connectivity index (χ2n) is 5.75. The van der Waals surface area contributed by atoms with Gasteiger partial charge in [-0.2, -0.15) is 0 Å². The lowest BCUT2D eigenvalue weighted by Gasteiger charge is -2.11. The monoisotopic (exact) mass is 309 g/mol. The van der Waals surface area contributed by atoms with Gasteiger partial charge in [-0.3, -0.25) is 9.59 Å². The average Bonchev–Trinajstić information content (AvgIpc) is 3.40. The van der Waals surface area contributed by atoms with Crippen LogP contribution in [-0.4, -0.2) is 18.5 Å². The van der Waals surface area contributed by atoms with E-state index in [0.717, 1.165) is 30.5 Å². The number of nitrogens with one attached hydrogen (secondary N) is 1. The number of hydrogen-bond acceptors (Lipinski definition) is 3. The molecular formula is C19H19NO3. The number of ether oxygens (including phenoxy) is 1. The molecule has 118 valence electrons. The van der Waals surface area contributed by atoms with E-state index in [1.807, 2.05) is 42.5 Å². The maximum Gasteiger partial charge on any atom is 0.309 e. The van der Waals surface area contributed by atoms with Crippen molar-refractivity contribution in [1.29, 1.82) is 0 Å². The molecule has 0 aromatic heterocycles. The molecular weight excluding hydrogens is 290 g/mol. The summed E-state index contributed by atoms with van der Waals surface area (Å²) in [5.74, 6) is -0.564. The molecule has 23 heavy (non-hydrogen) atoms. The van der Waals surface area contributed by atoms with Crippen LogP contribution in [0.1, 0.15) is 24.0 Å². The van der Waals surface area contributed by atoms with Gasteiger partial charge in [-0.1, -0.05) is 48.5 Å². The lowest BCUT2D eigenvalue weighted by atomic mass is 10.0. The van der Waals surface area contributed by atoms with Crippen molar-refractivity contribution in [3.63, 3.8) is 0 Å². The van der Waals surface area contributed by atoms with Gasteiger partial charge in [0.1, 0.15) is 0 Å². The fourth-order valence-corrected chi connectivity index (χ4v) is 2.37. The standard InChI is InChI=1S/C19H19NO3/c21-18(13-23-19(22)15-10-11-15)20-17-9-5-4-8-16(17)12-14-6-2-1-3-7-14/h1-9,15H,10-13H2,(H,20,21). The fourth-order valence-electron chi connectivity index (χ4n) is 2.37. The number of para-hydroxylation sites is 1. The van der Waals surface area contributed by atoms with E-state index in [0.29, 0.717) is 0 Å². The number of carbonyl (C=O) groups excluding carboxylic acids is 2. The molecule has 0 unspecified atom stereocenters. The van der Waals surface area contributed by atoms with Gasteiger partial charge >= 0.3 is 5.97 Å². The first-order valence-electron chi connectivity index (χ1n) is 7.80. The SMILES string of the molecule is O=C(COC(=O)C1CC1)Nc1ccccc1Cc1ccccc1. The number of carbonyl (C=O) groups is 2. The largest absolute Gasteiger partial charge is 0.455 e. The van der Waals surface area contributed by atoms with Crippen molar-refractivity contribution in [2.75, 3.05) is 11.9 Å². The molecule has 4 heteroatoms. The lowest BCUT2D eigenvalue weighted by Crippen LogP contribution is -2.22. The van der Waals surface area contributed by atoms with Crippen molar-refractivity contribution in [2.24, 2.45) is 5.92 Å². The zero-order valence-corrected chi connectivity index (χ0v) is 12.8. The molecule has 4 nitrogen and oxygen atoms in total. The summed E-state index contributed by atoms with van der Waals surface area (Å²) in [5.41, 5.74) is 2.96. The Kier molecular flexibility index (Phi) is 4.71. The molecule has 1 aliphatic rings. The Balaban J connectivity index is 1.60. The maximum absolute atomic E-state index is 12.0. The quantitative estimate of drug-likeness (QED) is 0.834. The van der Waals surface area contributed by atoms with Gasteiger partial charge in [0.25, 0.3) is 5.91 Å². The number of benzene rings is 2. The Morgan fingerprint density at radius 2 is 1.70 bits per heavy atom. The summed E-state index contributed by atoms with van der Waals surface area (Å²) in [6.07, 6.45) is 2.49. The third kappa shape index (κ3) is 4.42. The third-order valence-corrected chi connectivity index (χ3v) is 3.79. The van der Waals surface area contributed by atoms with Crippen LogP contribution in [0.25, 0.3) is 0 Å². The highest BCUT2D eigenvalue weighted by Gasteiger charge is 2.31. The molecule has 2 aromatic carbocycles. The zero-order chi connectivity index (χ0) is 16.1. The first-order chi connectivity index (χ1) is 11.2. The zero-order valence-electron chi connectivity index (χ0n) is 12.8. The molecule has 1 N–H and O–H groups in total. The van der Waals surface area contributed by atoms with Crippen LogP contribution in [-0.2, 0) is 20.7 Å². The van der Waals surface area contributed by atoms with Crippen LogP contribution < -0.4 is 5.32 Å². The summed E-state index contributed by atoms with van der Waals surface area (Å²) in [6, 6.07) is 17.7. The van der Waals surface area contributed by atoms with Crippen molar-refractivity contribution in [1.82, 2.24) is 0 Å². The van der Waals surface area contributed by atoms with Gasteiger partial charge < -0.3 is 10.1 Å². The number of esters is 1. The van der Waals surface area contributed by atoms with Gasteiger partial charge in [0.15, 0.2) is 6.61 Å². The minimum absolute atomic E-state index is 0.00756. The molecule has 3 rings (SSSR count). The number of amides is 1. The van der Waals surface area contributed by atoms with Crippen molar-refractivity contribution in [2.45, 2.75) is 19.3 Å². The van der Waals surface area contributed by atoms with Gasteiger partial charge in [0, 0.05) is 5.69 Å². The topological polar surface area (TPSA) is 55.4 Å². The Morgan fingerprint density at radius 1 is 1.00 bits per heavy atom. The molecule has 0 aliphatic heterocycles. The molecule has 1 fully saturated rings. The second-order valence-corrected chi connectivity index (χ2v) is 5.75. The van der Waals surface area contributed by atoms with Gasteiger partial charge in [-0.05, 0) is 36.5 Å². The second kappa shape index (κ2) is 7.09. The van der Waals surface area contributed by atoms with E-state index >= 15 is 0 Å². The van der Waals surface area contributed by atoms with Crippen LogP contribution in [0.15, 0.2) is 54.6 Å². The Morgan fingerprint density at radius 3 is 2.43 bits per heavy atom. The van der Waals surface area contributed by atoms with Crippen LogP contribution >= 0.6 is 0 Å². The van der Waals surface area contributed by atoms with E-state index < -0.39 is 0 Å². The summed E-state index contributed by atoms with van der Waals surface area (Å²) in [7, 11) is 0. The highest BCUT2D eigenvalue weighted by molar-refractivity contribution is 5.93. The van der Waals surface area contributed by atoms with Crippen molar-refractivity contribution in [3.8, 4) is 0 Å². The lowest BCUT2D eigenvalue weighted by molar-refractivity contribution is -0.148. The van der Waals surface area contributed by atoms with Crippen LogP contribution in [0.4, 0.5) is 5.69 Å². The van der Waals surface area contributed by atoms with Gasteiger partial charge in [-0.15, -0.1) is 0 Å².